The first-order valence-corrected chi connectivity index (χ1v) is 22.4. The molecule has 0 bridgehead atoms. The van der Waals surface area contributed by atoms with E-state index < -0.39 is 53.3 Å². The lowest BCUT2D eigenvalue weighted by Crippen LogP contribution is -2.41. The lowest BCUT2D eigenvalue weighted by Gasteiger charge is -2.32. The summed E-state index contributed by atoms with van der Waals surface area (Å²) in [4.78, 5) is 47.5. The van der Waals surface area contributed by atoms with Crippen LogP contribution in [0.1, 0.15) is 91.5 Å². The summed E-state index contributed by atoms with van der Waals surface area (Å²) in [6, 6.07) is 6.13. The second kappa shape index (κ2) is 22.3. The number of hydrogen-bond donors (Lipinski definition) is 4. The Labute approximate surface area is 411 Å². The standard InChI is InChI=1S/C20H24FN7O2.C19H29BFNO4.C7H7ClN6/c1-12-6-15(16(21)7-13(12)8-22-19(29)30-20(2,3)4)17-23-11-24-18(27-17)26-14-9-25-28(5)10-14;1-12-9-14(20-25-18(5,6)19(7,8)26-20)15(21)10-13(12)11-22-16(23)24-17(2,3)4;1-14-3-5(2-11-14)12-7-10-4-9-6(8)13-7/h6-7,9-11H,8H2,1-5H3,(H,22,29)(H,23,24,26,27);9-10H,11H2,1-8H3,(H,22,23);2-4H,1H3,(H,9,10,12,13). The highest BCUT2D eigenvalue weighted by atomic mass is 35.5. The smallest absolute Gasteiger partial charge is 0.444 e. The highest BCUT2D eigenvalue weighted by molar-refractivity contribution is 6.62. The number of aromatic nitrogens is 10. The summed E-state index contributed by atoms with van der Waals surface area (Å²) in [7, 11) is 2.86. The van der Waals surface area contributed by atoms with Gasteiger partial charge in [0.2, 0.25) is 17.2 Å². The van der Waals surface area contributed by atoms with Gasteiger partial charge in [-0.25, -0.2) is 38.3 Å². The second-order valence-electron chi connectivity index (χ2n) is 19.1. The molecule has 24 heteroatoms. The van der Waals surface area contributed by atoms with E-state index in [4.69, 9.17) is 30.4 Å². The number of aryl methyl sites for hydroxylation is 4. The van der Waals surface area contributed by atoms with E-state index in [0.717, 1.165) is 16.8 Å². The van der Waals surface area contributed by atoms with Crippen LogP contribution in [-0.4, -0.2) is 91.2 Å². The third kappa shape index (κ3) is 15.9. The van der Waals surface area contributed by atoms with Crippen molar-refractivity contribution >= 4 is 59.6 Å². The summed E-state index contributed by atoms with van der Waals surface area (Å²) in [5.74, 6) is -0.0439. The topological polar surface area (TPSA) is 232 Å². The number of nitrogens with one attached hydrogen (secondary N) is 4. The average Bonchev–Trinajstić information content (AvgIpc) is 3.91. The van der Waals surface area contributed by atoms with Gasteiger partial charge in [0.15, 0.2) is 5.82 Å². The van der Waals surface area contributed by atoms with Crippen LogP contribution in [0.15, 0.2) is 61.7 Å². The maximum Gasteiger partial charge on any atom is 0.497 e. The molecule has 1 aliphatic rings. The van der Waals surface area contributed by atoms with Crippen molar-refractivity contribution in [3.8, 4) is 11.4 Å². The molecule has 2 amide bonds. The normalized spacial score (nSPS) is 13.8. The van der Waals surface area contributed by atoms with Gasteiger partial charge in [-0.15, -0.1) is 0 Å². The Kier molecular flexibility index (Phi) is 17.2. The summed E-state index contributed by atoms with van der Waals surface area (Å²) in [5.41, 5.74) is 2.79. The highest BCUT2D eigenvalue weighted by Crippen LogP contribution is 2.37. The van der Waals surface area contributed by atoms with Gasteiger partial charge in [-0.1, -0.05) is 6.07 Å². The lowest BCUT2D eigenvalue weighted by atomic mass is 9.77. The first-order chi connectivity index (χ1) is 32.6. The van der Waals surface area contributed by atoms with Crippen molar-refractivity contribution in [2.45, 2.75) is 119 Å². The highest BCUT2D eigenvalue weighted by Gasteiger charge is 2.52. The van der Waals surface area contributed by atoms with Gasteiger partial charge < -0.3 is 40.0 Å². The van der Waals surface area contributed by atoms with Crippen LogP contribution in [0.25, 0.3) is 11.4 Å². The zero-order chi connectivity index (χ0) is 51.8. The van der Waals surface area contributed by atoms with E-state index in [0.29, 0.717) is 28.2 Å². The summed E-state index contributed by atoms with van der Waals surface area (Å²) in [6.45, 7) is 22.4. The van der Waals surface area contributed by atoms with E-state index in [1.54, 1.807) is 94.9 Å². The number of carbonyl (C=O) groups is 2. The molecule has 6 aromatic rings. The van der Waals surface area contributed by atoms with Crippen molar-refractivity contribution in [3.05, 3.63) is 101 Å². The molecule has 20 nitrogen and oxygen atoms in total. The molecule has 7 rings (SSSR count). The Morgan fingerprint density at radius 1 is 0.700 bits per heavy atom. The molecule has 2 aromatic carbocycles. The van der Waals surface area contributed by atoms with Gasteiger partial charge >= 0.3 is 19.3 Å². The Balaban J connectivity index is 0.000000207. The summed E-state index contributed by atoms with van der Waals surface area (Å²) < 4.78 is 55.0. The van der Waals surface area contributed by atoms with E-state index in [1.165, 1.54) is 24.8 Å². The van der Waals surface area contributed by atoms with Crippen LogP contribution >= 0.6 is 11.6 Å². The van der Waals surface area contributed by atoms with Crippen LogP contribution < -0.4 is 26.7 Å². The SMILES string of the molecule is Cc1cc(-c2ncnc(Nc3cnn(C)c3)n2)c(F)cc1CNC(=O)OC(C)(C)C.Cc1cc(B2OC(C)(C)C(C)(C)O2)c(F)cc1CNC(=O)OC(C)(C)C.Cn1cc(Nc2ncnc(Cl)n2)cn1. The largest absolute Gasteiger partial charge is 0.497 e. The van der Waals surface area contributed by atoms with E-state index in [1.807, 2.05) is 48.6 Å². The minimum atomic E-state index is -0.758. The first kappa shape index (κ1) is 54.1. The molecule has 0 saturated carbocycles. The molecular formula is C46H60BClF2N14O6. The van der Waals surface area contributed by atoms with Gasteiger partial charge in [-0.05, 0) is 135 Å². The molecule has 70 heavy (non-hydrogen) atoms. The maximum atomic E-state index is 14.8. The van der Waals surface area contributed by atoms with Gasteiger partial charge in [0, 0.05) is 45.0 Å². The van der Waals surface area contributed by atoms with Gasteiger partial charge in [0.05, 0.1) is 40.5 Å². The van der Waals surface area contributed by atoms with Crippen LogP contribution in [0.3, 0.4) is 0 Å². The second-order valence-corrected chi connectivity index (χ2v) is 19.5. The number of rotatable bonds is 10. The van der Waals surface area contributed by atoms with Crippen LogP contribution in [0.4, 0.5) is 41.6 Å². The van der Waals surface area contributed by atoms with Crippen molar-refractivity contribution in [3.63, 3.8) is 0 Å². The maximum absolute atomic E-state index is 14.8. The lowest BCUT2D eigenvalue weighted by molar-refractivity contribution is 0.00578. The molecule has 0 atom stereocenters. The fourth-order valence-electron chi connectivity index (χ4n) is 6.19. The van der Waals surface area contributed by atoms with Crippen molar-refractivity contribution in [2.75, 3.05) is 10.6 Å². The fourth-order valence-corrected chi connectivity index (χ4v) is 6.31. The number of anilines is 4. The van der Waals surface area contributed by atoms with Crippen LogP contribution in [0, 0.1) is 25.5 Å². The number of hydrogen-bond acceptors (Lipinski definition) is 16. The predicted octanol–water partition coefficient (Wildman–Crippen LogP) is 7.95. The minimum Gasteiger partial charge on any atom is -0.444 e. The van der Waals surface area contributed by atoms with Gasteiger partial charge in [0.1, 0.15) is 35.5 Å². The molecule has 4 aromatic heterocycles. The Bertz CT molecular complexity index is 2760. The van der Waals surface area contributed by atoms with Crippen LogP contribution in [0.2, 0.25) is 5.28 Å². The third-order valence-corrected chi connectivity index (χ3v) is 10.5. The molecule has 0 radical (unpaired) electrons. The number of nitrogens with zero attached hydrogens (tertiary/aromatic N) is 10. The zero-order valence-electron chi connectivity index (χ0n) is 41.8. The fraction of sp³-hybridized carbons (Fsp3) is 0.435. The van der Waals surface area contributed by atoms with E-state index in [9.17, 15) is 18.4 Å². The van der Waals surface area contributed by atoms with Crippen molar-refractivity contribution < 1.29 is 37.2 Å². The van der Waals surface area contributed by atoms with Crippen molar-refractivity contribution in [2.24, 2.45) is 14.1 Å². The van der Waals surface area contributed by atoms with Crippen molar-refractivity contribution in [1.29, 1.82) is 0 Å². The Morgan fingerprint density at radius 2 is 1.16 bits per heavy atom. The van der Waals surface area contributed by atoms with E-state index >= 15 is 0 Å². The monoisotopic (exact) mass is 988 g/mol. The van der Waals surface area contributed by atoms with Gasteiger partial charge in [-0.2, -0.15) is 20.2 Å². The minimum absolute atomic E-state index is 0.142. The molecule has 1 fully saturated rings. The third-order valence-electron chi connectivity index (χ3n) is 10.3. The number of alkyl carbamates (subject to hydrolysis) is 2. The number of amides is 2. The molecular weight excluding hydrogens is 929 g/mol. The molecule has 374 valence electrons. The zero-order valence-corrected chi connectivity index (χ0v) is 42.6. The average molecular weight is 989 g/mol. The van der Waals surface area contributed by atoms with E-state index in [-0.39, 0.29) is 35.7 Å². The predicted molar refractivity (Wildman–Crippen MR) is 261 cm³/mol. The number of benzene rings is 2. The molecule has 1 saturated heterocycles. The summed E-state index contributed by atoms with van der Waals surface area (Å²) >= 11 is 5.59. The van der Waals surface area contributed by atoms with Crippen LogP contribution in [0.5, 0.6) is 0 Å². The quantitative estimate of drug-likeness (QED) is 0.0954. The molecule has 5 heterocycles. The van der Waals surface area contributed by atoms with Crippen LogP contribution in [-0.2, 0) is 46.0 Å². The molecule has 4 N–H and O–H groups in total. The molecule has 0 aliphatic carbocycles. The number of carbonyl (C=O) groups excluding carboxylic acids is 2. The first-order valence-electron chi connectivity index (χ1n) is 22.0. The van der Waals surface area contributed by atoms with Gasteiger partial charge in [0.25, 0.3) is 0 Å². The van der Waals surface area contributed by atoms with E-state index in [2.05, 4.69) is 61.4 Å². The molecule has 0 spiro atoms. The number of ether oxygens (including phenoxy) is 2. The van der Waals surface area contributed by atoms with Crippen molar-refractivity contribution in [1.82, 2.24) is 60.1 Å². The van der Waals surface area contributed by atoms with Gasteiger partial charge in [-0.3, -0.25) is 9.36 Å². The Hall–Kier alpha value is -6.85. The summed E-state index contributed by atoms with van der Waals surface area (Å²) in [6.07, 6.45) is 8.42. The summed E-state index contributed by atoms with van der Waals surface area (Å²) in [5, 5.41) is 19.4. The number of halogens is 3. The molecule has 1 aliphatic heterocycles. The molecule has 0 unspecified atom stereocenters. The Morgan fingerprint density at radius 3 is 1.61 bits per heavy atom.